The number of carbonyl (C=O) groups is 1. The number of aliphatic hydroxyl groups excluding tert-OH is 1. The van der Waals surface area contributed by atoms with Crippen LogP contribution in [0.3, 0.4) is 0 Å². The summed E-state index contributed by atoms with van der Waals surface area (Å²) in [5.74, 6) is 0.564. The van der Waals surface area contributed by atoms with Crippen LogP contribution in [0, 0.1) is 0 Å². The van der Waals surface area contributed by atoms with E-state index < -0.39 is 6.10 Å². The maximum atomic E-state index is 13.0. The summed E-state index contributed by atoms with van der Waals surface area (Å²) in [6.45, 7) is 1.28. The third-order valence-corrected chi connectivity index (χ3v) is 5.22. The summed E-state index contributed by atoms with van der Waals surface area (Å²) in [7, 11) is 3.63. The van der Waals surface area contributed by atoms with Gasteiger partial charge in [-0.25, -0.2) is 4.98 Å². The SMILES string of the molecule is CNCCOc1cccc(C(=O)N(C)[C@@H]2CCC[C@@H](n3ccnc3)[C@@H]2O)c1. The third kappa shape index (κ3) is 4.48. The molecule has 3 rings (SSSR count). The first-order valence-corrected chi connectivity index (χ1v) is 9.42. The van der Waals surface area contributed by atoms with Crippen molar-refractivity contribution in [2.75, 3.05) is 27.2 Å². The number of likely N-dealkylation sites (N-methyl/N-ethyl adjacent to an activating group) is 2. The molecular formula is C20H28N4O3. The number of aromatic nitrogens is 2. The molecule has 0 aliphatic heterocycles. The number of hydrogen-bond acceptors (Lipinski definition) is 5. The monoisotopic (exact) mass is 372 g/mol. The van der Waals surface area contributed by atoms with Crippen LogP contribution in [-0.2, 0) is 0 Å². The van der Waals surface area contributed by atoms with Crippen molar-refractivity contribution in [3.05, 3.63) is 48.5 Å². The molecule has 0 saturated heterocycles. The number of amides is 1. The third-order valence-electron chi connectivity index (χ3n) is 5.22. The van der Waals surface area contributed by atoms with Gasteiger partial charge in [-0.1, -0.05) is 6.07 Å². The molecule has 27 heavy (non-hydrogen) atoms. The maximum absolute atomic E-state index is 13.0. The maximum Gasteiger partial charge on any atom is 0.254 e. The van der Waals surface area contributed by atoms with Gasteiger partial charge in [-0.05, 0) is 44.5 Å². The van der Waals surface area contributed by atoms with Crippen molar-refractivity contribution in [1.82, 2.24) is 19.8 Å². The molecule has 1 saturated carbocycles. The van der Waals surface area contributed by atoms with Crippen LogP contribution >= 0.6 is 0 Å². The fourth-order valence-corrected chi connectivity index (χ4v) is 3.69. The van der Waals surface area contributed by atoms with E-state index in [-0.39, 0.29) is 18.0 Å². The quantitative estimate of drug-likeness (QED) is 0.724. The van der Waals surface area contributed by atoms with E-state index >= 15 is 0 Å². The number of hydrogen-bond donors (Lipinski definition) is 2. The zero-order valence-electron chi connectivity index (χ0n) is 15.9. The molecule has 1 aliphatic carbocycles. The predicted octanol–water partition coefficient (Wildman–Crippen LogP) is 1.71. The van der Waals surface area contributed by atoms with Crippen LogP contribution in [-0.4, -0.2) is 64.9 Å². The average Bonchev–Trinajstić information content (AvgIpc) is 3.22. The average molecular weight is 372 g/mol. The molecule has 0 spiro atoms. The van der Waals surface area contributed by atoms with Crippen molar-refractivity contribution in [3.63, 3.8) is 0 Å². The second-order valence-electron chi connectivity index (χ2n) is 6.96. The number of carbonyl (C=O) groups excluding carboxylic acids is 1. The molecule has 3 atom stereocenters. The molecule has 1 fully saturated rings. The van der Waals surface area contributed by atoms with Gasteiger partial charge in [-0.3, -0.25) is 4.79 Å². The van der Waals surface area contributed by atoms with Crippen molar-refractivity contribution >= 4 is 5.91 Å². The van der Waals surface area contributed by atoms with Crippen LogP contribution in [0.4, 0.5) is 0 Å². The number of rotatable bonds is 7. The highest BCUT2D eigenvalue weighted by Gasteiger charge is 2.37. The lowest BCUT2D eigenvalue weighted by molar-refractivity contribution is -0.000810. The van der Waals surface area contributed by atoms with Crippen molar-refractivity contribution in [2.24, 2.45) is 0 Å². The number of ether oxygens (including phenoxy) is 1. The first kappa shape index (κ1) is 19.4. The van der Waals surface area contributed by atoms with Crippen molar-refractivity contribution in [1.29, 1.82) is 0 Å². The molecule has 1 aromatic heterocycles. The largest absolute Gasteiger partial charge is 0.492 e. The fraction of sp³-hybridized carbons (Fsp3) is 0.500. The van der Waals surface area contributed by atoms with E-state index in [0.29, 0.717) is 17.9 Å². The van der Waals surface area contributed by atoms with Gasteiger partial charge in [0.25, 0.3) is 5.91 Å². The molecule has 0 radical (unpaired) electrons. The van der Waals surface area contributed by atoms with Gasteiger partial charge in [0.2, 0.25) is 0 Å². The van der Waals surface area contributed by atoms with E-state index in [9.17, 15) is 9.90 Å². The molecule has 2 aromatic rings. The molecule has 7 heteroatoms. The van der Waals surface area contributed by atoms with Crippen LogP contribution in [0.2, 0.25) is 0 Å². The Balaban J connectivity index is 1.70. The number of benzene rings is 1. The lowest BCUT2D eigenvalue weighted by Gasteiger charge is -2.40. The summed E-state index contributed by atoms with van der Waals surface area (Å²) in [5, 5.41) is 13.9. The van der Waals surface area contributed by atoms with Gasteiger partial charge in [0.05, 0.1) is 24.5 Å². The van der Waals surface area contributed by atoms with E-state index in [1.807, 2.05) is 29.9 Å². The molecule has 1 heterocycles. The first-order valence-electron chi connectivity index (χ1n) is 9.42. The van der Waals surface area contributed by atoms with Crippen LogP contribution < -0.4 is 10.1 Å². The molecule has 7 nitrogen and oxygen atoms in total. The summed E-state index contributed by atoms with van der Waals surface area (Å²) < 4.78 is 7.59. The Labute approximate surface area is 160 Å². The minimum Gasteiger partial charge on any atom is -0.492 e. The highest BCUT2D eigenvalue weighted by atomic mass is 16.5. The van der Waals surface area contributed by atoms with E-state index in [4.69, 9.17) is 4.74 Å². The standard InChI is InChI=1S/C20H28N4O3/c1-21-10-12-27-16-6-3-5-15(13-16)20(26)23(2)17-7-4-8-18(19(17)25)24-11-9-22-14-24/h3,5-6,9,11,13-14,17-19,21,25H,4,7-8,10,12H2,1-2H3/t17-,18-,19-/m1/s1. The fourth-order valence-electron chi connectivity index (χ4n) is 3.69. The summed E-state index contributed by atoms with van der Waals surface area (Å²) in [6.07, 6.45) is 7.29. The summed E-state index contributed by atoms with van der Waals surface area (Å²) in [6, 6.07) is 6.92. The molecule has 1 amide bonds. The molecule has 1 aromatic carbocycles. The first-order chi connectivity index (χ1) is 13.1. The highest BCUT2D eigenvalue weighted by Crippen LogP contribution is 2.32. The molecule has 0 unspecified atom stereocenters. The van der Waals surface area contributed by atoms with E-state index in [2.05, 4.69) is 10.3 Å². The highest BCUT2D eigenvalue weighted by molar-refractivity contribution is 5.94. The predicted molar refractivity (Wildman–Crippen MR) is 103 cm³/mol. The minimum atomic E-state index is -0.628. The van der Waals surface area contributed by atoms with Crippen LogP contribution in [0.5, 0.6) is 5.75 Å². The molecule has 146 valence electrons. The Morgan fingerprint density at radius 2 is 2.30 bits per heavy atom. The number of nitrogens with zero attached hydrogens (tertiary/aromatic N) is 3. The second kappa shape index (κ2) is 9.01. The van der Waals surface area contributed by atoms with Gasteiger partial charge in [-0.2, -0.15) is 0 Å². The van der Waals surface area contributed by atoms with Crippen LogP contribution in [0.25, 0.3) is 0 Å². The van der Waals surface area contributed by atoms with Crippen molar-refractivity contribution in [3.8, 4) is 5.75 Å². The molecule has 1 aliphatic rings. The topological polar surface area (TPSA) is 79.6 Å². The Hall–Kier alpha value is -2.38. The molecular weight excluding hydrogens is 344 g/mol. The van der Waals surface area contributed by atoms with Gasteiger partial charge in [0, 0.05) is 31.5 Å². The normalized spacial score (nSPS) is 22.4. The lowest BCUT2D eigenvalue weighted by Crippen LogP contribution is -2.50. The van der Waals surface area contributed by atoms with Gasteiger partial charge in [-0.15, -0.1) is 0 Å². The Morgan fingerprint density at radius 1 is 1.44 bits per heavy atom. The summed E-state index contributed by atoms with van der Waals surface area (Å²) in [5.41, 5.74) is 0.566. The number of nitrogens with one attached hydrogen (secondary N) is 1. The molecule has 0 bridgehead atoms. The van der Waals surface area contributed by atoms with Gasteiger partial charge >= 0.3 is 0 Å². The summed E-state index contributed by atoms with van der Waals surface area (Å²) >= 11 is 0. The van der Waals surface area contributed by atoms with Crippen molar-refractivity contribution < 1.29 is 14.6 Å². The second-order valence-corrected chi connectivity index (χ2v) is 6.96. The Morgan fingerprint density at radius 3 is 3.04 bits per heavy atom. The molecule has 2 N–H and O–H groups in total. The lowest BCUT2D eigenvalue weighted by atomic mass is 9.87. The van der Waals surface area contributed by atoms with Crippen LogP contribution in [0.15, 0.2) is 43.0 Å². The number of imidazole rings is 1. The zero-order chi connectivity index (χ0) is 19.2. The smallest absolute Gasteiger partial charge is 0.254 e. The van der Waals surface area contributed by atoms with E-state index in [0.717, 1.165) is 25.8 Å². The minimum absolute atomic E-state index is 0.0577. The van der Waals surface area contributed by atoms with Crippen molar-refractivity contribution in [2.45, 2.75) is 37.5 Å². The summed E-state index contributed by atoms with van der Waals surface area (Å²) in [4.78, 5) is 18.7. The Bertz CT molecular complexity index is 735. The van der Waals surface area contributed by atoms with Gasteiger partial charge in [0.1, 0.15) is 12.4 Å². The van der Waals surface area contributed by atoms with Gasteiger partial charge in [0.15, 0.2) is 0 Å². The van der Waals surface area contributed by atoms with E-state index in [1.165, 1.54) is 0 Å². The van der Waals surface area contributed by atoms with Gasteiger partial charge < -0.3 is 24.6 Å². The van der Waals surface area contributed by atoms with E-state index in [1.54, 1.807) is 36.6 Å². The zero-order valence-corrected chi connectivity index (χ0v) is 15.9. The number of aliphatic hydroxyl groups is 1. The van der Waals surface area contributed by atoms with Crippen LogP contribution in [0.1, 0.15) is 35.7 Å². The Kier molecular flexibility index (Phi) is 6.47.